The molecule has 24 heavy (non-hydrogen) atoms. The molecule has 0 spiro atoms. The molecule has 3 rings (SSSR count). The molecule has 128 valence electrons. The van der Waals surface area contributed by atoms with Crippen LogP contribution in [0, 0.1) is 0 Å². The van der Waals surface area contributed by atoms with Crippen molar-refractivity contribution in [3.8, 4) is 0 Å². The quantitative estimate of drug-likeness (QED) is 0.275. The van der Waals surface area contributed by atoms with E-state index in [0.717, 1.165) is 0 Å². The number of nitrogen functional groups attached to an aromatic ring is 1. The van der Waals surface area contributed by atoms with Gasteiger partial charge in [0.2, 0.25) is 0 Å². The van der Waals surface area contributed by atoms with Gasteiger partial charge in [0.1, 0.15) is 30.2 Å². The second kappa shape index (κ2) is 7.69. The van der Waals surface area contributed by atoms with Crippen molar-refractivity contribution >= 4 is 76.2 Å². The molecule has 1 aliphatic heterocycles. The summed E-state index contributed by atoms with van der Waals surface area (Å²) in [6.45, 7) is -0.594. The van der Waals surface area contributed by atoms with Gasteiger partial charge in [-0.1, -0.05) is 0 Å². The van der Waals surface area contributed by atoms with Crippen molar-refractivity contribution in [1.29, 1.82) is 0 Å². The molecule has 14 heteroatoms. The number of aliphatic hydroxyl groups is 2. The fourth-order valence-corrected chi connectivity index (χ4v) is 2.66. The molecule has 0 radical (unpaired) electrons. The van der Waals surface area contributed by atoms with E-state index >= 15 is 0 Å². The van der Waals surface area contributed by atoms with E-state index in [-0.39, 0.29) is 62.8 Å². The van der Waals surface area contributed by atoms with Crippen LogP contribution in [0.2, 0.25) is 0 Å². The second-order valence-electron chi connectivity index (χ2n) is 4.92. The Morgan fingerprint density at radius 3 is 2.67 bits per heavy atom. The second-order valence-corrected chi connectivity index (χ2v) is 6.15. The Kier molecular flexibility index (Phi) is 6.50. The molecule has 6 N–H and O–H groups in total. The van der Waals surface area contributed by atoms with Crippen molar-refractivity contribution in [2.75, 3.05) is 12.3 Å². The zero-order valence-corrected chi connectivity index (χ0v) is 12.4. The number of nitrogens with zero attached hydrogens (tertiary/aromatic N) is 4. The molecule has 1 aliphatic rings. The number of hydrogen-bond donors (Lipinski definition) is 5. The predicted molar refractivity (Wildman–Crippen MR) is 80.8 cm³/mol. The monoisotopic (exact) mass is 387 g/mol. The number of phosphoric acid groups is 1. The Bertz CT molecular complexity index is 769. The molecular weight excluding hydrogens is 372 g/mol. The molecule has 2 aromatic rings. The standard InChI is InChI=1S/C10H14N5O7P.K.H/c11-8-5-9(13-2-12-8)15(3-14-5)10-7(17)6(16)4(22-10)1-21-23(18,19)20;;/h2-4,6-7,10,16-17H,1H2,(H2,11,12,13)(H2,18,19,20);;/t4-,6-,7-,10-;;/m1../s1. The van der Waals surface area contributed by atoms with Crippen molar-refractivity contribution in [3.63, 3.8) is 0 Å². The Morgan fingerprint density at radius 1 is 1.29 bits per heavy atom. The van der Waals surface area contributed by atoms with E-state index in [0.29, 0.717) is 5.52 Å². The molecule has 1 fully saturated rings. The first-order valence-corrected chi connectivity index (χ1v) is 7.95. The maximum absolute atomic E-state index is 10.7. The summed E-state index contributed by atoms with van der Waals surface area (Å²) in [6.07, 6.45) is -2.49. The molecule has 12 nitrogen and oxygen atoms in total. The number of aromatic nitrogens is 4. The third-order valence-corrected chi connectivity index (χ3v) is 3.89. The van der Waals surface area contributed by atoms with E-state index in [4.69, 9.17) is 20.3 Å². The molecular formula is C10H15KN5O7P. The van der Waals surface area contributed by atoms with Crippen LogP contribution < -0.4 is 5.73 Å². The van der Waals surface area contributed by atoms with Crippen molar-refractivity contribution in [3.05, 3.63) is 12.7 Å². The first kappa shape index (κ1) is 20.3. The maximum atomic E-state index is 10.7. The summed E-state index contributed by atoms with van der Waals surface area (Å²) >= 11 is 0. The van der Waals surface area contributed by atoms with E-state index in [1.165, 1.54) is 17.2 Å². The van der Waals surface area contributed by atoms with E-state index < -0.39 is 39.0 Å². The fourth-order valence-electron chi connectivity index (χ4n) is 2.32. The van der Waals surface area contributed by atoms with Crippen LogP contribution in [0.1, 0.15) is 6.23 Å². The zero-order chi connectivity index (χ0) is 16.8. The molecule has 0 unspecified atom stereocenters. The van der Waals surface area contributed by atoms with Crippen molar-refractivity contribution in [1.82, 2.24) is 19.5 Å². The van der Waals surface area contributed by atoms with Crippen LogP contribution in [0.3, 0.4) is 0 Å². The third-order valence-electron chi connectivity index (χ3n) is 3.41. The van der Waals surface area contributed by atoms with Crippen LogP contribution in [0.5, 0.6) is 0 Å². The molecule has 0 saturated carbocycles. The summed E-state index contributed by atoms with van der Waals surface area (Å²) in [5.41, 5.74) is 6.25. The van der Waals surface area contributed by atoms with Crippen molar-refractivity contribution < 1.29 is 33.8 Å². The number of rotatable bonds is 4. The Morgan fingerprint density at radius 2 is 2.00 bits per heavy atom. The van der Waals surface area contributed by atoms with Crippen LogP contribution in [0.4, 0.5) is 5.82 Å². The summed E-state index contributed by atoms with van der Waals surface area (Å²) in [6, 6.07) is 0. The number of hydrogen-bond acceptors (Lipinski definition) is 9. The SMILES string of the molecule is Nc1ncnc2c1ncn2[C@@H]1O[C@H](COP(=O)(O)O)[C@@H](O)[C@H]1O.[KH]. The number of imidazole rings is 1. The topological polar surface area (TPSA) is 186 Å². The van der Waals surface area contributed by atoms with E-state index in [1.54, 1.807) is 0 Å². The van der Waals surface area contributed by atoms with Gasteiger partial charge in [-0.3, -0.25) is 9.09 Å². The van der Waals surface area contributed by atoms with Gasteiger partial charge < -0.3 is 30.5 Å². The third kappa shape index (κ3) is 4.03. The number of anilines is 1. The number of aliphatic hydroxyl groups excluding tert-OH is 2. The molecule has 1 saturated heterocycles. The number of ether oxygens (including phenoxy) is 1. The first-order chi connectivity index (χ1) is 10.8. The minimum atomic E-state index is -4.72. The molecule has 2 aromatic heterocycles. The van der Waals surface area contributed by atoms with Crippen LogP contribution in [0.25, 0.3) is 11.2 Å². The number of fused-ring (bicyclic) bond motifs is 1. The van der Waals surface area contributed by atoms with Gasteiger partial charge >= 0.3 is 59.2 Å². The van der Waals surface area contributed by atoms with Crippen LogP contribution in [-0.2, 0) is 13.8 Å². The van der Waals surface area contributed by atoms with Gasteiger partial charge in [-0.25, -0.2) is 19.5 Å². The summed E-state index contributed by atoms with van der Waals surface area (Å²) in [7, 11) is -4.72. The van der Waals surface area contributed by atoms with Gasteiger partial charge in [0.15, 0.2) is 17.7 Å². The van der Waals surface area contributed by atoms with Crippen molar-refractivity contribution in [2.24, 2.45) is 0 Å². The summed E-state index contributed by atoms with van der Waals surface area (Å²) in [5.74, 6) is 0.142. The van der Waals surface area contributed by atoms with E-state index in [2.05, 4.69) is 19.5 Å². The molecule has 0 amide bonds. The summed E-state index contributed by atoms with van der Waals surface area (Å²) in [4.78, 5) is 29.2. The fraction of sp³-hybridized carbons (Fsp3) is 0.500. The Balaban J connectivity index is 0.00000208. The predicted octanol–water partition coefficient (Wildman–Crippen LogP) is -2.51. The molecule has 0 aliphatic carbocycles. The zero-order valence-electron chi connectivity index (χ0n) is 11.5. The Labute approximate surface area is 177 Å². The minimum absolute atomic E-state index is 0. The van der Waals surface area contributed by atoms with Gasteiger partial charge in [0, 0.05) is 0 Å². The normalized spacial score (nSPS) is 27.3. The average Bonchev–Trinajstić information content (AvgIpc) is 3.01. The molecule has 0 aromatic carbocycles. The van der Waals surface area contributed by atoms with E-state index in [9.17, 15) is 14.8 Å². The van der Waals surface area contributed by atoms with Gasteiger partial charge in [0.05, 0.1) is 12.9 Å². The molecule has 0 bridgehead atoms. The van der Waals surface area contributed by atoms with Crippen LogP contribution >= 0.6 is 7.82 Å². The van der Waals surface area contributed by atoms with Crippen LogP contribution in [-0.4, -0.2) is 116 Å². The van der Waals surface area contributed by atoms with Gasteiger partial charge in [-0.05, 0) is 0 Å². The van der Waals surface area contributed by atoms with Gasteiger partial charge in [-0.2, -0.15) is 0 Å². The Hall–Kier alpha value is -0.0236. The summed E-state index contributed by atoms with van der Waals surface area (Å²) < 4.78 is 21.8. The first-order valence-electron chi connectivity index (χ1n) is 6.42. The number of phosphoric ester groups is 1. The van der Waals surface area contributed by atoms with Crippen molar-refractivity contribution in [2.45, 2.75) is 24.5 Å². The molecule has 3 heterocycles. The van der Waals surface area contributed by atoms with E-state index in [1.807, 2.05) is 0 Å². The molecule has 4 atom stereocenters. The van der Waals surface area contributed by atoms with Crippen LogP contribution in [0.15, 0.2) is 12.7 Å². The van der Waals surface area contributed by atoms with Gasteiger partial charge in [0.25, 0.3) is 0 Å². The summed E-state index contributed by atoms with van der Waals surface area (Å²) in [5, 5.41) is 20.1. The average molecular weight is 387 g/mol. The van der Waals surface area contributed by atoms with Gasteiger partial charge in [-0.15, -0.1) is 0 Å². The number of nitrogens with two attached hydrogens (primary N) is 1.